The Morgan fingerprint density at radius 2 is 0.407 bits per heavy atom. The Morgan fingerprint density at radius 1 is 0.221 bits per heavy atom. The van der Waals surface area contributed by atoms with Crippen molar-refractivity contribution in [1.82, 2.24) is 62.1 Å². The molecule has 31 nitrogen and oxygen atoms in total. The monoisotopic (exact) mass is 2060 g/mol. The van der Waals surface area contributed by atoms with E-state index in [9.17, 15) is 57.5 Å². The van der Waals surface area contributed by atoms with E-state index < -0.39 is 0 Å². The van der Waals surface area contributed by atoms with Gasteiger partial charge < -0.3 is 125 Å². The van der Waals surface area contributed by atoms with Gasteiger partial charge in [-0.15, -0.1) is 0 Å². The molecule has 0 aliphatic rings. The second-order valence-corrected chi connectivity index (χ2v) is 38.8. The van der Waals surface area contributed by atoms with Crippen LogP contribution < -0.4 is 82.7 Å². The Morgan fingerprint density at radius 3 is 0.614 bits per heavy atom. The highest BCUT2D eigenvalue weighted by atomic mass is 16.2. The van der Waals surface area contributed by atoms with Gasteiger partial charge in [-0.1, -0.05) is 297 Å². The second kappa shape index (κ2) is 120. The molecule has 31 heteroatoms. The smallest absolute Gasteiger partial charge is 0.278 e. The van der Waals surface area contributed by atoms with Gasteiger partial charge in [0.05, 0.1) is 13.1 Å². The maximum Gasteiger partial charge on any atom is 0.278 e. The van der Waals surface area contributed by atoms with E-state index >= 15 is 0 Å². The summed E-state index contributed by atoms with van der Waals surface area (Å²) >= 11 is 0. The van der Waals surface area contributed by atoms with Crippen molar-refractivity contribution < 1.29 is 97.7 Å². The number of rotatable bonds is 98. The minimum Gasteiger partial charge on any atom is -0.358 e. The van der Waals surface area contributed by atoms with Crippen LogP contribution in [0.5, 0.6) is 0 Å². The van der Waals surface area contributed by atoms with Crippen LogP contribution >= 0.6 is 0 Å². The zero-order chi connectivity index (χ0) is 106. The summed E-state index contributed by atoms with van der Waals surface area (Å²) in [4.78, 5) is 152. The first kappa shape index (κ1) is 151. The van der Waals surface area contributed by atoms with Crippen LogP contribution in [0.25, 0.3) is 0 Å². The van der Waals surface area contributed by atoms with E-state index in [-0.39, 0.29) is 125 Å². The van der Waals surface area contributed by atoms with Crippen molar-refractivity contribution in [3.8, 4) is 0 Å². The summed E-state index contributed by atoms with van der Waals surface area (Å²) < 4.78 is 0. The predicted molar refractivity (Wildman–Crippen MR) is 600 cm³/mol. The van der Waals surface area contributed by atoms with Crippen molar-refractivity contribution in [2.24, 2.45) is 0 Å². The molecule has 12 amide bonds. The van der Waals surface area contributed by atoms with Crippen molar-refractivity contribution in [2.75, 3.05) is 137 Å². The third-order valence-electron chi connectivity index (χ3n) is 25.6. The summed E-state index contributed by atoms with van der Waals surface area (Å²) in [6, 6.07) is -0.497. The van der Waals surface area contributed by atoms with Crippen LogP contribution in [0.4, 0.5) is 0 Å². The molecule has 0 bridgehead atoms. The zero-order valence-electron chi connectivity index (χ0n) is 95.9. The van der Waals surface area contributed by atoms with E-state index in [1.807, 2.05) is 40.4 Å². The Labute approximate surface area is 887 Å². The van der Waals surface area contributed by atoms with E-state index in [4.69, 9.17) is 0 Å². The van der Waals surface area contributed by atoms with Crippen LogP contribution in [0.15, 0.2) is 24.3 Å². The Balaban J connectivity index is -0.000000353. The molecule has 0 rings (SSSR count). The third kappa shape index (κ3) is 109. The van der Waals surface area contributed by atoms with Crippen LogP contribution in [0.2, 0.25) is 0 Å². The molecule has 0 aromatic heterocycles. The molecule has 0 fully saturated rings. The average Bonchev–Trinajstić information content (AvgIpc) is 0.947. The number of carbonyl (C=O) groups is 12. The standard InChI is InChI=1S/C36H71N7O3.C27H54N4O3.C25H50N4O3.C23H46N4O3.3CH3/c1-2-3-4-5-6-7-8-9-10-11-12-13-14-15-16-25-34(44)43(30-21-28-41-35(45)32(39)23-17-19-26-37)31-22-29-42-36(46)33(40)24-18-20-27-38;1-3-5-6-7-8-9-10-11-12-13-14-15-16-19-27(34)31(22-17-20-29-25(32)4-2)23-18-21-30-26(33)24-28;1-3-5-6-7-8-9-10-11-12-13-14-17-25(32)29(20-15-18-27-23(30)4-2)21-16-19-28-24(31)22-26;1-3-5-6-7-8-9-10-11-12-15-23(30)27(18-13-16-25-21(28)4-2)19-14-17-26-22(29)20-24;;;/h6-7,9-10,32-33H,2-5,8,11-31,37-40H2,1H3,(H,41,45)(H,42,46);3-24,28H2,1-2H3,(H,29,32)(H,30,33);3-22,26H2,1-2H3,(H,27,30)(H,28,31);3-20,24H2,1-2H3,(H,25,28)(H,26,29);3*1H3/q;;;;3*-1/p+7/b7-6+,10-9+;;;;;;/t32-,33-;;;;;;/m0....../s1. The predicted octanol–water partition coefficient (Wildman–Crippen LogP) is 12.6. The average molecular weight is 2070 g/mol. The largest absolute Gasteiger partial charge is 0.358 e. The van der Waals surface area contributed by atoms with E-state index in [1.54, 1.807) is 0 Å². The summed E-state index contributed by atoms with van der Waals surface area (Å²) in [5, 5.41) is 23.0. The van der Waals surface area contributed by atoms with Gasteiger partial charge in [0.15, 0.2) is 31.7 Å². The molecule has 2 atom stereocenters. The van der Waals surface area contributed by atoms with Crippen molar-refractivity contribution in [2.45, 2.75) is 478 Å². The lowest BCUT2D eigenvalue weighted by Crippen LogP contribution is -2.67. The van der Waals surface area contributed by atoms with Gasteiger partial charge in [-0.05, 0) is 135 Å². The van der Waals surface area contributed by atoms with Gasteiger partial charge >= 0.3 is 0 Å². The Hall–Kier alpha value is -7.16. The van der Waals surface area contributed by atoms with Crippen LogP contribution in [0, 0.1) is 22.3 Å². The summed E-state index contributed by atoms with van der Waals surface area (Å²) in [7, 11) is 0. The van der Waals surface area contributed by atoms with Gasteiger partial charge in [0.2, 0.25) is 41.4 Å². The normalized spacial score (nSPS) is 11.2. The molecule has 0 aromatic carbocycles. The highest BCUT2D eigenvalue weighted by Gasteiger charge is 2.22. The molecule has 145 heavy (non-hydrogen) atoms. The van der Waals surface area contributed by atoms with E-state index in [0.717, 1.165) is 161 Å². The number of amides is 12. The van der Waals surface area contributed by atoms with Crippen molar-refractivity contribution in [3.63, 3.8) is 0 Å². The van der Waals surface area contributed by atoms with E-state index in [2.05, 4.69) is 135 Å². The number of hydrogen-bond donors (Lipinski definition) is 15. The highest BCUT2D eigenvalue weighted by molar-refractivity contribution is 5.82. The first-order valence-electron chi connectivity index (χ1n) is 58.2. The maximum atomic E-state index is 13.1. The second-order valence-electron chi connectivity index (χ2n) is 38.8. The van der Waals surface area contributed by atoms with Gasteiger partial charge in [0, 0.05) is 163 Å². The molecule has 0 unspecified atom stereocenters. The molecule has 0 saturated heterocycles. The molecule has 29 N–H and O–H groups in total. The minimum atomic E-state index is -0.248. The van der Waals surface area contributed by atoms with E-state index in [0.29, 0.717) is 163 Å². The lowest BCUT2D eigenvalue weighted by Gasteiger charge is -2.23. The molecule has 0 heterocycles. The number of carbonyl (C=O) groups excluding carboxylic acids is 12. The molecule has 0 saturated carbocycles. The van der Waals surface area contributed by atoms with Crippen molar-refractivity contribution in [3.05, 3.63) is 46.6 Å². The lowest BCUT2D eigenvalue weighted by molar-refractivity contribution is -0.406. The van der Waals surface area contributed by atoms with Gasteiger partial charge in [-0.25, -0.2) is 0 Å². The number of allylic oxidation sites excluding steroid dienone is 4. The van der Waals surface area contributed by atoms with E-state index in [1.165, 1.54) is 212 Å². The number of unbranched alkanes of at least 4 members (excludes halogenated alkanes) is 40. The van der Waals surface area contributed by atoms with Crippen LogP contribution in [0.3, 0.4) is 0 Å². The fraction of sp³-hybridized carbons (Fsp3) is 0.833. The molecule has 0 spiro atoms. The molecular formula is C114H237N19O12+4. The highest BCUT2D eigenvalue weighted by Crippen LogP contribution is 2.19. The quantitative estimate of drug-likeness (QED) is 0.0153. The Bertz CT molecular complexity index is 2920. The lowest BCUT2D eigenvalue weighted by atomic mass is 10.0. The number of quaternary nitrogens is 7. The van der Waals surface area contributed by atoms with Gasteiger partial charge in [0.1, 0.15) is 0 Å². The van der Waals surface area contributed by atoms with Gasteiger partial charge in [0.25, 0.3) is 29.5 Å². The van der Waals surface area contributed by atoms with Crippen LogP contribution in [0.1, 0.15) is 466 Å². The summed E-state index contributed by atoms with van der Waals surface area (Å²) in [5.74, 6) is 0.611. The summed E-state index contributed by atoms with van der Waals surface area (Å²) in [6.07, 6.45) is 78.9. The Kier molecular flexibility index (Phi) is 125. The summed E-state index contributed by atoms with van der Waals surface area (Å²) in [5.41, 5.74) is 26.4. The molecular weight excluding hydrogens is 1830 g/mol. The van der Waals surface area contributed by atoms with Crippen LogP contribution in [-0.4, -0.2) is 240 Å². The fourth-order valence-corrected chi connectivity index (χ4v) is 16.3. The topological polar surface area (TPSA) is 508 Å². The molecule has 0 aromatic rings. The molecule has 0 aliphatic heterocycles. The van der Waals surface area contributed by atoms with Gasteiger partial charge in [-0.3, -0.25) is 57.5 Å². The minimum absolute atomic E-state index is 0. The fourth-order valence-electron chi connectivity index (χ4n) is 16.3. The number of hydrogen-bond acceptors (Lipinski definition) is 12. The number of nitrogens with one attached hydrogen (secondary N) is 8. The number of nitrogens with zero attached hydrogens (tertiary/aromatic N) is 4. The third-order valence-corrected chi connectivity index (χ3v) is 25.6. The van der Waals surface area contributed by atoms with Crippen molar-refractivity contribution >= 4 is 70.9 Å². The summed E-state index contributed by atoms with van der Waals surface area (Å²) in [6.45, 7) is 26.5. The maximum absolute atomic E-state index is 13.1. The zero-order valence-corrected chi connectivity index (χ0v) is 95.9. The van der Waals surface area contributed by atoms with Crippen LogP contribution in [-0.2, 0) is 57.5 Å². The van der Waals surface area contributed by atoms with Gasteiger partial charge in [-0.2, -0.15) is 0 Å². The molecule has 0 aliphatic carbocycles. The molecule has 0 radical (unpaired) electrons. The first-order chi connectivity index (χ1) is 69.0. The molecule has 856 valence electrons. The first-order valence-corrected chi connectivity index (χ1v) is 58.2. The SMILES string of the molecule is CCCCC/C=C/C/C=C/CCCCCCCC(=O)N(CCCNC(=O)[C@@H]([NH3+])CCCC[NH3+])CCCNC(=O)[C@@H]([NH3+])CCCC[NH3+].CCCCCCCCCCCC(=O)N(CCCNC(=O)CC)CCCNC(=O)C[NH3+].CCCCCCCCCCCCCC(=O)N(CCCNC(=O)CC)CCCNC(=O)C[NH3+].CCCCCCCCCCCCCCCC(=O)N(CCCNC(=O)CC)CCCNC(=O)C[NH3+].[CH3-].[CH3-].[CH3-]. The van der Waals surface area contributed by atoms with Crippen molar-refractivity contribution in [1.29, 1.82) is 0 Å².